The van der Waals surface area contributed by atoms with Gasteiger partial charge in [0.05, 0.1) is 22.7 Å². The number of benzene rings is 7. The second-order valence-electron chi connectivity index (χ2n) is 12.1. The molecule has 46 heavy (non-hydrogen) atoms. The van der Waals surface area contributed by atoms with Crippen LogP contribution in [0, 0.1) is 11.3 Å². The van der Waals surface area contributed by atoms with Crippen molar-refractivity contribution in [2.24, 2.45) is 0 Å². The van der Waals surface area contributed by atoms with E-state index in [9.17, 15) is 5.26 Å². The zero-order valence-electron chi connectivity index (χ0n) is 25.1. The van der Waals surface area contributed by atoms with Crippen molar-refractivity contribution >= 4 is 21.8 Å². The van der Waals surface area contributed by atoms with Crippen LogP contribution < -0.4 is 0 Å². The zero-order chi connectivity index (χ0) is 30.6. The highest BCUT2D eigenvalue weighted by Crippen LogP contribution is 2.49. The van der Waals surface area contributed by atoms with Crippen molar-refractivity contribution in [1.29, 1.82) is 5.26 Å². The van der Waals surface area contributed by atoms with Crippen LogP contribution >= 0.6 is 0 Å². The Hall–Kier alpha value is -6.17. The molecule has 1 aromatic heterocycles. The van der Waals surface area contributed by atoms with Crippen LogP contribution in [-0.2, 0) is 0 Å². The molecule has 1 heterocycles. The van der Waals surface area contributed by atoms with Crippen LogP contribution in [0.25, 0.3) is 60.9 Å². The molecule has 0 saturated heterocycles. The molecule has 214 valence electrons. The Morgan fingerprint density at radius 2 is 1.13 bits per heavy atom. The predicted molar refractivity (Wildman–Crippen MR) is 189 cm³/mol. The van der Waals surface area contributed by atoms with E-state index in [1.165, 1.54) is 66.3 Å². The molecule has 0 N–H and O–H groups in total. The molecule has 0 saturated carbocycles. The van der Waals surface area contributed by atoms with Crippen molar-refractivity contribution in [3.63, 3.8) is 0 Å². The maximum Gasteiger partial charge on any atom is 0.0991 e. The number of nitrogens with zero attached hydrogens (tertiary/aromatic N) is 2. The van der Waals surface area contributed by atoms with Crippen molar-refractivity contribution in [3.05, 3.63) is 186 Å². The lowest BCUT2D eigenvalue weighted by molar-refractivity contribution is 1.01. The zero-order valence-corrected chi connectivity index (χ0v) is 25.1. The van der Waals surface area contributed by atoms with Crippen LogP contribution in [0.15, 0.2) is 164 Å². The lowest BCUT2D eigenvalue weighted by Gasteiger charge is -2.15. The summed E-state index contributed by atoms with van der Waals surface area (Å²) in [5.74, 6) is 0.113. The van der Waals surface area contributed by atoms with E-state index in [0.717, 1.165) is 11.3 Å². The van der Waals surface area contributed by atoms with E-state index < -0.39 is 0 Å². The molecule has 7 aromatic carbocycles. The SMILES string of the molecule is N#Cc1cccc(C2c3ccccc3-c3cc(-c4ccc5c(c4)c4ccccc4n5-c4ccc(-c5ccccc5)cc4)ccc32)c1. The minimum Gasteiger partial charge on any atom is -0.309 e. The van der Waals surface area contributed by atoms with Crippen LogP contribution in [0.5, 0.6) is 0 Å². The minimum atomic E-state index is 0.113. The normalized spacial score (nSPS) is 13.4. The summed E-state index contributed by atoms with van der Waals surface area (Å²) in [5.41, 5.74) is 15.3. The summed E-state index contributed by atoms with van der Waals surface area (Å²) in [5, 5.41) is 12.1. The van der Waals surface area contributed by atoms with Gasteiger partial charge in [-0.05, 0) is 98.6 Å². The Morgan fingerprint density at radius 3 is 2.00 bits per heavy atom. The highest BCUT2D eigenvalue weighted by atomic mass is 15.0. The number of rotatable bonds is 4. The molecule has 2 heteroatoms. The van der Waals surface area contributed by atoms with Gasteiger partial charge >= 0.3 is 0 Å². The number of nitriles is 1. The molecule has 0 radical (unpaired) electrons. The molecule has 1 atom stereocenters. The van der Waals surface area contributed by atoms with Gasteiger partial charge in [0, 0.05) is 22.4 Å². The number of hydrogen-bond acceptors (Lipinski definition) is 1. The molecule has 1 aliphatic rings. The molecule has 0 spiro atoms. The molecule has 9 rings (SSSR count). The Kier molecular flexibility index (Phi) is 5.98. The van der Waals surface area contributed by atoms with Gasteiger partial charge < -0.3 is 4.57 Å². The van der Waals surface area contributed by atoms with E-state index in [2.05, 4.69) is 156 Å². The molecule has 0 bridgehead atoms. The van der Waals surface area contributed by atoms with Crippen molar-refractivity contribution in [2.75, 3.05) is 0 Å². The molecule has 0 fully saturated rings. The van der Waals surface area contributed by atoms with Gasteiger partial charge in [0.25, 0.3) is 0 Å². The van der Waals surface area contributed by atoms with E-state index in [1.54, 1.807) is 0 Å². The molecule has 1 unspecified atom stereocenters. The third-order valence-corrected chi connectivity index (χ3v) is 9.51. The van der Waals surface area contributed by atoms with Gasteiger partial charge in [0.1, 0.15) is 0 Å². The standard InChI is InChI=1S/C44H28N2/c45-28-29-9-8-12-34(25-29)44-38-15-5-4-13-36(38)40-26-32(19-23-39(40)44)33-20-24-43-41(27-33)37-14-6-7-16-42(37)46(43)35-21-17-31(18-22-35)30-10-2-1-3-11-30/h1-27,44H. The Bertz CT molecular complexity index is 2480. The fourth-order valence-electron chi connectivity index (χ4n) is 7.39. The first-order valence-electron chi connectivity index (χ1n) is 15.7. The van der Waals surface area contributed by atoms with Gasteiger partial charge in [-0.1, -0.05) is 115 Å². The predicted octanol–water partition coefficient (Wildman–Crippen LogP) is 11.1. The molecule has 2 nitrogen and oxygen atoms in total. The second-order valence-corrected chi connectivity index (χ2v) is 12.1. The van der Waals surface area contributed by atoms with Crippen LogP contribution in [0.3, 0.4) is 0 Å². The van der Waals surface area contributed by atoms with E-state index in [4.69, 9.17) is 0 Å². The lowest BCUT2D eigenvalue weighted by Crippen LogP contribution is -1.99. The Balaban J connectivity index is 1.16. The fraction of sp³-hybridized carbons (Fsp3) is 0.0227. The van der Waals surface area contributed by atoms with Crippen molar-refractivity contribution in [1.82, 2.24) is 4.57 Å². The largest absolute Gasteiger partial charge is 0.309 e. The topological polar surface area (TPSA) is 28.7 Å². The first-order chi connectivity index (χ1) is 22.8. The van der Waals surface area contributed by atoms with E-state index >= 15 is 0 Å². The van der Waals surface area contributed by atoms with Crippen LogP contribution in [0.2, 0.25) is 0 Å². The van der Waals surface area contributed by atoms with Gasteiger partial charge in [-0.2, -0.15) is 5.26 Å². The number of aromatic nitrogens is 1. The minimum absolute atomic E-state index is 0.113. The fourth-order valence-corrected chi connectivity index (χ4v) is 7.39. The molecule has 8 aromatic rings. The van der Waals surface area contributed by atoms with Crippen molar-refractivity contribution in [2.45, 2.75) is 5.92 Å². The average Bonchev–Trinajstić information content (AvgIpc) is 3.64. The summed E-state index contributed by atoms with van der Waals surface area (Å²) in [6.07, 6.45) is 0. The monoisotopic (exact) mass is 584 g/mol. The number of fused-ring (bicyclic) bond motifs is 6. The highest BCUT2D eigenvalue weighted by molar-refractivity contribution is 6.10. The maximum atomic E-state index is 9.57. The third-order valence-electron chi connectivity index (χ3n) is 9.51. The van der Waals surface area contributed by atoms with E-state index in [0.29, 0.717) is 5.56 Å². The summed E-state index contributed by atoms with van der Waals surface area (Å²) < 4.78 is 2.38. The van der Waals surface area contributed by atoms with Crippen molar-refractivity contribution in [3.8, 4) is 45.1 Å². The van der Waals surface area contributed by atoms with Crippen molar-refractivity contribution < 1.29 is 0 Å². The summed E-state index contributed by atoms with van der Waals surface area (Å²) >= 11 is 0. The smallest absolute Gasteiger partial charge is 0.0991 e. The third kappa shape index (κ3) is 4.10. The van der Waals surface area contributed by atoms with Gasteiger partial charge in [0.15, 0.2) is 0 Å². The average molecular weight is 585 g/mol. The molecular formula is C44H28N2. The molecule has 0 aliphatic heterocycles. The van der Waals surface area contributed by atoms with Gasteiger partial charge in [-0.3, -0.25) is 0 Å². The van der Waals surface area contributed by atoms with Crippen LogP contribution in [0.1, 0.15) is 28.2 Å². The number of para-hydroxylation sites is 1. The lowest BCUT2D eigenvalue weighted by atomic mass is 9.88. The molecule has 0 amide bonds. The van der Waals surface area contributed by atoms with Crippen LogP contribution in [0.4, 0.5) is 0 Å². The van der Waals surface area contributed by atoms with E-state index in [-0.39, 0.29) is 5.92 Å². The summed E-state index contributed by atoms with van der Waals surface area (Å²) in [7, 11) is 0. The Labute approximate surface area is 268 Å². The number of hydrogen-bond donors (Lipinski definition) is 0. The first-order valence-corrected chi connectivity index (χ1v) is 15.7. The first kappa shape index (κ1) is 26.3. The summed E-state index contributed by atoms with van der Waals surface area (Å²) in [6, 6.07) is 60.9. The summed E-state index contributed by atoms with van der Waals surface area (Å²) in [6.45, 7) is 0. The maximum absolute atomic E-state index is 9.57. The Morgan fingerprint density at radius 1 is 0.457 bits per heavy atom. The summed E-state index contributed by atoms with van der Waals surface area (Å²) in [4.78, 5) is 0. The second kappa shape index (κ2) is 10.5. The van der Waals surface area contributed by atoms with E-state index in [1.807, 2.05) is 18.2 Å². The van der Waals surface area contributed by atoms with Gasteiger partial charge in [-0.15, -0.1) is 0 Å². The molecular weight excluding hydrogens is 556 g/mol. The van der Waals surface area contributed by atoms with Gasteiger partial charge in [0.2, 0.25) is 0 Å². The highest BCUT2D eigenvalue weighted by Gasteiger charge is 2.30. The molecule has 1 aliphatic carbocycles. The quantitative estimate of drug-likeness (QED) is 0.202. The van der Waals surface area contributed by atoms with Crippen LogP contribution in [-0.4, -0.2) is 4.57 Å². The van der Waals surface area contributed by atoms with Gasteiger partial charge in [-0.25, -0.2) is 0 Å².